The highest BCUT2D eigenvalue weighted by atomic mass is 32.2. The SMILES string of the molecule is CN=C(N)SC(=N)COc1cccc(F)c1. The van der Waals surface area contributed by atoms with E-state index in [0.29, 0.717) is 10.9 Å². The minimum atomic E-state index is -0.369. The maximum Gasteiger partial charge on any atom is 0.159 e. The molecule has 0 radical (unpaired) electrons. The third kappa shape index (κ3) is 4.31. The van der Waals surface area contributed by atoms with Crippen molar-refractivity contribution < 1.29 is 9.13 Å². The molecule has 0 atom stereocenters. The number of hydrogen-bond donors (Lipinski definition) is 2. The molecule has 3 N–H and O–H groups in total. The van der Waals surface area contributed by atoms with Gasteiger partial charge in [0.25, 0.3) is 0 Å². The number of rotatable bonds is 3. The van der Waals surface area contributed by atoms with Crippen molar-refractivity contribution in [2.45, 2.75) is 0 Å². The molecule has 0 saturated heterocycles. The van der Waals surface area contributed by atoms with Gasteiger partial charge in [0.2, 0.25) is 0 Å². The van der Waals surface area contributed by atoms with Gasteiger partial charge in [0.1, 0.15) is 23.2 Å². The van der Waals surface area contributed by atoms with Crippen LogP contribution < -0.4 is 10.5 Å². The van der Waals surface area contributed by atoms with Crippen LogP contribution in [-0.4, -0.2) is 23.9 Å². The first kappa shape index (κ1) is 12.5. The summed E-state index contributed by atoms with van der Waals surface area (Å²) in [5.41, 5.74) is 5.42. The van der Waals surface area contributed by atoms with Crippen molar-refractivity contribution in [2.75, 3.05) is 13.7 Å². The van der Waals surface area contributed by atoms with E-state index < -0.39 is 0 Å². The van der Waals surface area contributed by atoms with E-state index in [1.54, 1.807) is 19.2 Å². The van der Waals surface area contributed by atoms with Crippen molar-refractivity contribution in [3.8, 4) is 5.75 Å². The molecule has 0 fully saturated rings. The summed E-state index contributed by atoms with van der Waals surface area (Å²) in [7, 11) is 1.54. The van der Waals surface area contributed by atoms with Crippen LogP contribution in [0, 0.1) is 11.2 Å². The molecule has 0 saturated carbocycles. The average molecular weight is 241 g/mol. The summed E-state index contributed by atoms with van der Waals surface area (Å²) in [5, 5.41) is 8.02. The molecule has 1 aromatic carbocycles. The molecule has 6 heteroatoms. The number of thioether (sulfide) groups is 1. The van der Waals surface area contributed by atoms with Crippen LogP contribution in [-0.2, 0) is 0 Å². The standard InChI is InChI=1S/C10H12FN3OS/c1-14-10(13)16-9(12)6-15-8-4-2-3-7(11)5-8/h2-5,12H,6H2,1H3,(H2,13,14). The number of benzene rings is 1. The minimum absolute atomic E-state index is 0.0460. The summed E-state index contributed by atoms with van der Waals surface area (Å²) in [4.78, 5) is 3.70. The Balaban J connectivity index is 2.43. The van der Waals surface area contributed by atoms with Crippen LogP contribution in [0.2, 0.25) is 0 Å². The van der Waals surface area contributed by atoms with Gasteiger partial charge in [-0.15, -0.1) is 0 Å². The summed E-state index contributed by atoms with van der Waals surface area (Å²) in [6, 6.07) is 5.76. The van der Waals surface area contributed by atoms with Gasteiger partial charge >= 0.3 is 0 Å². The lowest BCUT2D eigenvalue weighted by Gasteiger charge is -2.06. The Morgan fingerprint density at radius 1 is 1.62 bits per heavy atom. The largest absolute Gasteiger partial charge is 0.487 e. The van der Waals surface area contributed by atoms with Crippen molar-refractivity contribution in [3.05, 3.63) is 30.1 Å². The van der Waals surface area contributed by atoms with Crippen molar-refractivity contribution in [1.82, 2.24) is 0 Å². The molecule has 0 bridgehead atoms. The maximum absolute atomic E-state index is 12.8. The van der Waals surface area contributed by atoms with Gasteiger partial charge in [-0.2, -0.15) is 0 Å². The van der Waals surface area contributed by atoms with Gasteiger partial charge in [0.05, 0.1) is 0 Å². The summed E-state index contributed by atoms with van der Waals surface area (Å²) in [6.45, 7) is 0.0460. The van der Waals surface area contributed by atoms with Gasteiger partial charge < -0.3 is 10.5 Å². The minimum Gasteiger partial charge on any atom is -0.487 e. The van der Waals surface area contributed by atoms with E-state index in [0.717, 1.165) is 11.8 Å². The predicted molar refractivity (Wildman–Crippen MR) is 64.8 cm³/mol. The molecule has 86 valence electrons. The van der Waals surface area contributed by atoms with Crippen LogP contribution in [0.4, 0.5) is 4.39 Å². The average Bonchev–Trinajstić information content (AvgIpc) is 2.26. The Bertz CT molecular complexity index is 409. The molecule has 1 rings (SSSR count). The molecular weight excluding hydrogens is 229 g/mol. The van der Waals surface area contributed by atoms with E-state index in [2.05, 4.69) is 4.99 Å². The zero-order chi connectivity index (χ0) is 12.0. The second kappa shape index (κ2) is 6.12. The van der Waals surface area contributed by atoms with E-state index in [-0.39, 0.29) is 17.5 Å². The maximum atomic E-state index is 12.8. The molecule has 1 aromatic rings. The number of nitrogens with two attached hydrogens (primary N) is 1. The van der Waals surface area contributed by atoms with Gasteiger partial charge in [0, 0.05) is 13.1 Å². The lowest BCUT2D eigenvalue weighted by molar-refractivity contribution is 0.376. The monoisotopic (exact) mass is 241 g/mol. The number of hydrogen-bond acceptors (Lipinski definition) is 4. The second-order valence-electron chi connectivity index (χ2n) is 2.83. The summed E-state index contributed by atoms with van der Waals surface area (Å²) in [5.74, 6) is 0.0173. The van der Waals surface area contributed by atoms with Gasteiger partial charge in [-0.25, -0.2) is 4.39 Å². The number of nitrogens with one attached hydrogen (secondary N) is 1. The third-order valence-electron chi connectivity index (χ3n) is 1.61. The fourth-order valence-electron chi connectivity index (χ4n) is 0.907. The van der Waals surface area contributed by atoms with Gasteiger partial charge in [-0.3, -0.25) is 10.4 Å². The first-order chi connectivity index (χ1) is 7.61. The van der Waals surface area contributed by atoms with E-state index in [4.69, 9.17) is 15.9 Å². The summed E-state index contributed by atoms with van der Waals surface area (Å²) < 4.78 is 18.0. The van der Waals surface area contributed by atoms with E-state index in [1.807, 2.05) is 0 Å². The zero-order valence-electron chi connectivity index (χ0n) is 8.74. The fourth-order valence-corrected chi connectivity index (χ4v) is 1.37. The van der Waals surface area contributed by atoms with Gasteiger partial charge in [0.15, 0.2) is 5.17 Å². The Hall–Kier alpha value is -1.56. The number of halogens is 1. The quantitative estimate of drug-likeness (QED) is 0.626. The molecule has 4 nitrogen and oxygen atoms in total. The topological polar surface area (TPSA) is 71.5 Å². The molecule has 0 heterocycles. The molecule has 0 unspecified atom stereocenters. The zero-order valence-corrected chi connectivity index (χ0v) is 9.55. The highest BCUT2D eigenvalue weighted by Crippen LogP contribution is 2.13. The van der Waals surface area contributed by atoms with E-state index in [9.17, 15) is 4.39 Å². The van der Waals surface area contributed by atoms with Crippen LogP contribution in [0.3, 0.4) is 0 Å². The Labute approximate surface area is 97.2 Å². The molecule has 0 amide bonds. The van der Waals surface area contributed by atoms with Crippen molar-refractivity contribution in [2.24, 2.45) is 10.7 Å². The van der Waals surface area contributed by atoms with Crippen LogP contribution in [0.5, 0.6) is 5.75 Å². The lowest BCUT2D eigenvalue weighted by atomic mass is 10.3. The Morgan fingerprint density at radius 3 is 3.00 bits per heavy atom. The number of nitrogens with zero attached hydrogens (tertiary/aromatic N) is 1. The van der Waals surface area contributed by atoms with Gasteiger partial charge in [-0.05, 0) is 23.9 Å². The van der Waals surface area contributed by atoms with Crippen molar-refractivity contribution in [1.29, 1.82) is 5.41 Å². The molecule has 0 aliphatic heterocycles. The van der Waals surface area contributed by atoms with E-state index >= 15 is 0 Å². The van der Waals surface area contributed by atoms with Crippen molar-refractivity contribution in [3.63, 3.8) is 0 Å². The number of aliphatic imine (C=N–C) groups is 1. The van der Waals surface area contributed by atoms with Crippen LogP contribution >= 0.6 is 11.8 Å². The molecule has 0 spiro atoms. The summed E-state index contributed by atoms with van der Waals surface area (Å²) in [6.07, 6.45) is 0. The van der Waals surface area contributed by atoms with Crippen LogP contribution in [0.15, 0.2) is 29.3 Å². The lowest BCUT2D eigenvalue weighted by Crippen LogP contribution is -2.14. The smallest absolute Gasteiger partial charge is 0.159 e. The van der Waals surface area contributed by atoms with Crippen LogP contribution in [0.1, 0.15) is 0 Å². The predicted octanol–water partition coefficient (Wildman–Crippen LogP) is 1.86. The van der Waals surface area contributed by atoms with Crippen LogP contribution in [0.25, 0.3) is 0 Å². The molecule has 0 aromatic heterocycles. The van der Waals surface area contributed by atoms with Gasteiger partial charge in [-0.1, -0.05) is 6.07 Å². The Morgan fingerprint density at radius 2 is 2.38 bits per heavy atom. The normalized spacial score (nSPS) is 11.2. The van der Waals surface area contributed by atoms with E-state index in [1.165, 1.54) is 12.1 Å². The first-order valence-corrected chi connectivity index (χ1v) is 5.29. The fraction of sp³-hybridized carbons (Fsp3) is 0.200. The highest BCUT2D eigenvalue weighted by molar-refractivity contribution is 8.26. The highest BCUT2D eigenvalue weighted by Gasteiger charge is 2.03. The first-order valence-electron chi connectivity index (χ1n) is 4.47. The Kier molecular flexibility index (Phi) is 4.78. The second-order valence-corrected chi connectivity index (χ2v) is 3.95. The molecule has 0 aliphatic rings. The number of ether oxygens (including phenoxy) is 1. The molecule has 16 heavy (non-hydrogen) atoms. The summed E-state index contributed by atoms with van der Waals surface area (Å²) >= 11 is 1.02. The number of amidine groups is 1. The molecular formula is C10H12FN3OS. The molecule has 0 aliphatic carbocycles. The third-order valence-corrected chi connectivity index (χ3v) is 2.37. The van der Waals surface area contributed by atoms with Crippen molar-refractivity contribution >= 4 is 22.0 Å².